The van der Waals surface area contributed by atoms with Gasteiger partial charge in [-0.25, -0.2) is 4.79 Å². The van der Waals surface area contributed by atoms with Crippen molar-refractivity contribution in [3.8, 4) is 0 Å². The number of carbonyl (C=O) groups excluding carboxylic acids is 3. The van der Waals surface area contributed by atoms with Gasteiger partial charge in [0.25, 0.3) is 5.91 Å². The minimum Gasteiger partial charge on any atom is -0.385 e. The molecule has 0 radical (unpaired) electrons. The standard InChI is InChI=1S/C20H25F3N4O3.CH3.Os/c1-3-26(4-2)19(30)27(16-7-5-6-8-16)13-14-9-11-15(12-10-14)17(28)24-25-18(29)20(21,22)23;;/h9-12,16H,1-8,13H2,(H,24,28)(H,25,29);1H3;/q-2;-1;. The first kappa shape index (κ1) is 29.9. The van der Waals surface area contributed by atoms with Crippen molar-refractivity contribution >= 4 is 17.8 Å². The Kier molecular flexibility index (Phi) is 12.5. The Morgan fingerprint density at radius 1 is 1.00 bits per heavy atom. The van der Waals surface area contributed by atoms with E-state index in [9.17, 15) is 27.6 Å². The van der Waals surface area contributed by atoms with Gasteiger partial charge < -0.3 is 31.1 Å². The number of amides is 4. The molecule has 0 spiro atoms. The van der Waals surface area contributed by atoms with Gasteiger partial charge in [-0.05, 0) is 30.5 Å². The summed E-state index contributed by atoms with van der Waals surface area (Å²) in [5.41, 5.74) is 3.86. The van der Waals surface area contributed by atoms with Crippen LogP contribution in [0.1, 0.15) is 41.6 Å². The molecule has 0 bridgehead atoms. The Morgan fingerprint density at radius 3 is 2.00 bits per heavy atom. The van der Waals surface area contributed by atoms with E-state index < -0.39 is 18.0 Å². The van der Waals surface area contributed by atoms with Crippen LogP contribution in [0.15, 0.2) is 24.3 Å². The Balaban J connectivity index is 0.00000480. The number of hydrazine groups is 1. The molecule has 0 aromatic heterocycles. The molecule has 0 unspecified atom stereocenters. The van der Waals surface area contributed by atoms with Gasteiger partial charge in [0.2, 0.25) is 0 Å². The van der Waals surface area contributed by atoms with E-state index in [2.05, 4.69) is 13.8 Å². The second-order valence-electron chi connectivity index (χ2n) is 6.94. The van der Waals surface area contributed by atoms with Crippen molar-refractivity contribution in [2.75, 3.05) is 13.1 Å². The number of urea groups is 1. The predicted molar refractivity (Wildman–Crippen MR) is 110 cm³/mol. The number of nitrogens with zero attached hydrogens (tertiary/aromatic N) is 2. The van der Waals surface area contributed by atoms with Gasteiger partial charge in [0.05, 0.1) is 0 Å². The fourth-order valence-corrected chi connectivity index (χ4v) is 3.27. The molecule has 1 saturated carbocycles. The molecule has 1 fully saturated rings. The molecular weight excluding hydrogens is 603 g/mol. The van der Waals surface area contributed by atoms with Crippen molar-refractivity contribution in [2.45, 2.75) is 44.4 Å². The predicted octanol–water partition coefficient (Wildman–Crippen LogP) is 3.29. The molecule has 0 saturated heterocycles. The van der Waals surface area contributed by atoms with Crippen LogP contribution in [0.2, 0.25) is 0 Å². The summed E-state index contributed by atoms with van der Waals surface area (Å²) in [5, 5.41) is 0. The number of benzene rings is 1. The van der Waals surface area contributed by atoms with Crippen LogP contribution in [-0.2, 0) is 31.1 Å². The van der Waals surface area contributed by atoms with E-state index in [1.807, 2.05) is 0 Å². The molecule has 2 N–H and O–H groups in total. The molecule has 7 nitrogen and oxygen atoms in total. The van der Waals surface area contributed by atoms with Gasteiger partial charge in [-0.15, -0.1) is 13.1 Å². The van der Waals surface area contributed by atoms with E-state index in [-0.39, 0.29) is 44.9 Å². The second-order valence-corrected chi connectivity index (χ2v) is 6.94. The molecular formula is C21H28F3N4O3Os-3. The smallest absolute Gasteiger partial charge is 0.385 e. The second kappa shape index (κ2) is 13.4. The van der Waals surface area contributed by atoms with E-state index in [0.717, 1.165) is 31.2 Å². The zero-order valence-electron chi connectivity index (χ0n) is 17.9. The maximum absolute atomic E-state index is 12.9. The average Bonchev–Trinajstić information content (AvgIpc) is 3.25. The van der Waals surface area contributed by atoms with Crippen LogP contribution in [0.25, 0.3) is 0 Å². The van der Waals surface area contributed by atoms with E-state index >= 15 is 0 Å². The molecule has 1 aliphatic carbocycles. The van der Waals surface area contributed by atoms with Gasteiger partial charge >= 0.3 is 18.1 Å². The van der Waals surface area contributed by atoms with Gasteiger partial charge in [-0.1, -0.05) is 25.0 Å². The van der Waals surface area contributed by atoms with Gasteiger partial charge in [0, 0.05) is 37.9 Å². The summed E-state index contributed by atoms with van der Waals surface area (Å²) in [4.78, 5) is 38.9. The van der Waals surface area contributed by atoms with Crippen molar-refractivity contribution in [3.05, 3.63) is 56.7 Å². The molecule has 0 atom stereocenters. The van der Waals surface area contributed by atoms with Crippen LogP contribution >= 0.6 is 0 Å². The minimum atomic E-state index is -5.09. The number of nitrogens with one attached hydrogen (secondary N) is 2. The Labute approximate surface area is 200 Å². The van der Waals surface area contributed by atoms with E-state index in [0.29, 0.717) is 19.6 Å². The van der Waals surface area contributed by atoms with Gasteiger partial charge in [0.15, 0.2) is 0 Å². The summed E-state index contributed by atoms with van der Waals surface area (Å²) < 4.78 is 36.5. The molecule has 32 heavy (non-hydrogen) atoms. The summed E-state index contributed by atoms with van der Waals surface area (Å²) in [6, 6.07) is 6.04. The number of hydrogen-bond acceptors (Lipinski definition) is 3. The van der Waals surface area contributed by atoms with Gasteiger partial charge in [-0.3, -0.25) is 20.4 Å². The molecule has 11 heteroatoms. The minimum absolute atomic E-state index is 0. The molecule has 2 rings (SSSR count). The first-order valence-electron chi connectivity index (χ1n) is 9.57. The summed E-state index contributed by atoms with van der Waals surface area (Å²) in [6.07, 6.45) is -1.18. The molecule has 182 valence electrons. The monoisotopic (exact) mass is 633 g/mol. The molecule has 4 amide bonds. The number of hydrogen-bond donors (Lipinski definition) is 2. The fourth-order valence-electron chi connectivity index (χ4n) is 3.27. The summed E-state index contributed by atoms with van der Waals surface area (Å²) in [6.45, 7) is 8.45. The first-order valence-corrected chi connectivity index (χ1v) is 9.57. The fraction of sp³-hybridized carbons (Fsp3) is 0.429. The van der Waals surface area contributed by atoms with Crippen LogP contribution in [0.4, 0.5) is 18.0 Å². The third-order valence-electron chi connectivity index (χ3n) is 4.94. The first-order chi connectivity index (χ1) is 14.2. The molecule has 0 aliphatic heterocycles. The summed E-state index contributed by atoms with van der Waals surface area (Å²) in [5.74, 6) is -3.15. The number of alkyl halides is 3. The Hall–Kier alpha value is -2.14. The quantitative estimate of drug-likeness (QED) is 0.374. The van der Waals surface area contributed by atoms with E-state index in [1.54, 1.807) is 27.4 Å². The van der Waals surface area contributed by atoms with Gasteiger partial charge in [-0.2, -0.15) is 13.2 Å². The maximum atomic E-state index is 12.9. The van der Waals surface area contributed by atoms with Crippen LogP contribution in [0.3, 0.4) is 0 Å². The van der Waals surface area contributed by atoms with Crippen LogP contribution in [0.5, 0.6) is 0 Å². The molecule has 1 aromatic carbocycles. The van der Waals surface area contributed by atoms with Crippen LogP contribution in [0, 0.1) is 21.3 Å². The average molecular weight is 632 g/mol. The van der Waals surface area contributed by atoms with Crippen molar-refractivity contribution in [1.82, 2.24) is 20.7 Å². The van der Waals surface area contributed by atoms with Gasteiger partial charge in [0.1, 0.15) is 0 Å². The van der Waals surface area contributed by atoms with Crippen molar-refractivity contribution in [2.24, 2.45) is 0 Å². The molecule has 0 heterocycles. The SMILES string of the molecule is [CH2-]CN(C[CH2-])C(=O)N(Cc1ccc(C(=O)NNC(=O)C(F)(F)F)cc1)C1CCCC1.[CH3-].[Os]. The summed E-state index contributed by atoms with van der Waals surface area (Å²) >= 11 is 0. The molecule has 1 aliphatic rings. The number of rotatable bonds is 6. The topological polar surface area (TPSA) is 81.8 Å². The zero-order chi connectivity index (χ0) is 22.3. The number of carbonyl (C=O) groups is 3. The van der Waals surface area contributed by atoms with Crippen molar-refractivity contribution in [3.63, 3.8) is 0 Å². The third kappa shape index (κ3) is 8.08. The largest absolute Gasteiger partial charge is 0.472 e. The maximum Gasteiger partial charge on any atom is 0.472 e. The van der Waals surface area contributed by atoms with E-state index in [4.69, 9.17) is 0 Å². The van der Waals surface area contributed by atoms with Crippen LogP contribution < -0.4 is 10.9 Å². The summed E-state index contributed by atoms with van der Waals surface area (Å²) in [7, 11) is 0. The van der Waals surface area contributed by atoms with Crippen molar-refractivity contribution < 1.29 is 47.3 Å². The molecule has 1 aromatic rings. The third-order valence-corrected chi connectivity index (χ3v) is 4.94. The van der Waals surface area contributed by atoms with E-state index in [1.165, 1.54) is 17.6 Å². The number of halogens is 3. The van der Waals surface area contributed by atoms with Crippen molar-refractivity contribution in [1.29, 1.82) is 0 Å². The Bertz CT molecular complexity index is 750. The normalized spacial score (nSPS) is 13.4. The Morgan fingerprint density at radius 2 is 1.53 bits per heavy atom. The zero-order valence-corrected chi connectivity index (χ0v) is 20.4. The van der Waals surface area contributed by atoms with Crippen LogP contribution in [-0.4, -0.2) is 53.0 Å².